The van der Waals surface area contributed by atoms with E-state index in [1.54, 1.807) is 0 Å². The van der Waals surface area contributed by atoms with E-state index in [4.69, 9.17) is 11.6 Å². The van der Waals surface area contributed by atoms with Crippen LogP contribution in [0.15, 0.2) is 18.2 Å². The second-order valence-corrected chi connectivity index (χ2v) is 7.27. The molecule has 2 aliphatic rings. The Bertz CT molecular complexity index is 546. The summed E-state index contributed by atoms with van der Waals surface area (Å²) in [5.74, 6) is 1.78. The van der Waals surface area contributed by atoms with Crippen LogP contribution in [0.1, 0.15) is 37.7 Å². The number of anilines is 1. The molecule has 1 aliphatic carbocycles. The maximum atomic E-state index is 12.3. The van der Waals surface area contributed by atoms with E-state index in [0.717, 1.165) is 36.2 Å². The molecule has 4 heteroatoms. The fourth-order valence-corrected chi connectivity index (χ4v) is 4.11. The van der Waals surface area contributed by atoms with Crippen molar-refractivity contribution in [1.29, 1.82) is 0 Å². The highest BCUT2D eigenvalue weighted by atomic mass is 35.5. The van der Waals surface area contributed by atoms with Gasteiger partial charge in [0.15, 0.2) is 0 Å². The van der Waals surface area contributed by atoms with Gasteiger partial charge in [0, 0.05) is 17.3 Å². The van der Waals surface area contributed by atoms with Crippen molar-refractivity contribution >= 4 is 23.2 Å². The Labute approximate surface area is 138 Å². The van der Waals surface area contributed by atoms with E-state index in [1.165, 1.54) is 32.1 Å². The minimum absolute atomic E-state index is 0.0691. The zero-order chi connectivity index (χ0) is 15.5. The van der Waals surface area contributed by atoms with Crippen molar-refractivity contribution in [3.8, 4) is 0 Å². The van der Waals surface area contributed by atoms with Crippen LogP contribution in [0.4, 0.5) is 5.69 Å². The number of aryl methyl sites for hydroxylation is 1. The Balaban J connectivity index is 1.54. The summed E-state index contributed by atoms with van der Waals surface area (Å²) in [6.07, 6.45) is 6.76. The van der Waals surface area contributed by atoms with Gasteiger partial charge in [0.2, 0.25) is 5.91 Å². The van der Waals surface area contributed by atoms with E-state index < -0.39 is 0 Å². The van der Waals surface area contributed by atoms with Gasteiger partial charge in [0.1, 0.15) is 0 Å². The SMILES string of the molecule is Cc1ccc(Cl)cc1NC(=O)CN1CC[C@@H]2CCCC[C@@H]2C1. The van der Waals surface area contributed by atoms with Crippen LogP contribution in [-0.4, -0.2) is 30.4 Å². The quantitative estimate of drug-likeness (QED) is 0.909. The summed E-state index contributed by atoms with van der Waals surface area (Å²) in [5.41, 5.74) is 1.87. The highest BCUT2D eigenvalue weighted by molar-refractivity contribution is 6.31. The normalized spacial score (nSPS) is 25.5. The number of halogens is 1. The van der Waals surface area contributed by atoms with Crippen LogP contribution in [0.25, 0.3) is 0 Å². The highest BCUT2D eigenvalue weighted by Crippen LogP contribution is 2.35. The molecule has 1 aromatic carbocycles. The van der Waals surface area contributed by atoms with Crippen LogP contribution in [-0.2, 0) is 4.79 Å². The van der Waals surface area contributed by atoms with E-state index >= 15 is 0 Å². The number of hydrogen-bond acceptors (Lipinski definition) is 2. The average Bonchev–Trinajstić information content (AvgIpc) is 2.51. The van der Waals surface area contributed by atoms with Crippen LogP contribution >= 0.6 is 11.6 Å². The van der Waals surface area contributed by atoms with Crippen molar-refractivity contribution < 1.29 is 4.79 Å². The summed E-state index contributed by atoms with van der Waals surface area (Å²) in [6.45, 7) is 4.63. The molecule has 2 atom stereocenters. The molecule has 3 nitrogen and oxygen atoms in total. The predicted octanol–water partition coefficient (Wildman–Crippen LogP) is 4.10. The molecule has 3 rings (SSSR count). The second-order valence-electron chi connectivity index (χ2n) is 6.84. The number of rotatable bonds is 3. The lowest BCUT2D eigenvalue weighted by Crippen LogP contribution is -2.44. The lowest BCUT2D eigenvalue weighted by molar-refractivity contribution is -0.118. The molecular formula is C18H25ClN2O. The van der Waals surface area contributed by atoms with Gasteiger partial charge in [-0.25, -0.2) is 0 Å². The summed E-state index contributed by atoms with van der Waals surface area (Å²) in [6, 6.07) is 5.61. The van der Waals surface area contributed by atoms with Gasteiger partial charge in [0.05, 0.1) is 6.54 Å². The number of carbonyl (C=O) groups is 1. The molecule has 1 saturated heterocycles. The zero-order valence-corrected chi connectivity index (χ0v) is 14.0. The third kappa shape index (κ3) is 3.82. The van der Waals surface area contributed by atoms with Crippen molar-refractivity contribution in [2.24, 2.45) is 11.8 Å². The van der Waals surface area contributed by atoms with Gasteiger partial charge >= 0.3 is 0 Å². The first-order valence-electron chi connectivity index (χ1n) is 8.40. The van der Waals surface area contributed by atoms with Gasteiger partial charge in [-0.05, 0) is 55.8 Å². The number of nitrogens with one attached hydrogen (secondary N) is 1. The second kappa shape index (κ2) is 7.01. The van der Waals surface area contributed by atoms with E-state index in [2.05, 4.69) is 10.2 Å². The summed E-state index contributed by atoms with van der Waals surface area (Å²) in [7, 11) is 0. The molecule has 1 aliphatic heterocycles. The van der Waals surface area contributed by atoms with Crippen LogP contribution < -0.4 is 5.32 Å². The van der Waals surface area contributed by atoms with E-state index in [0.29, 0.717) is 11.6 Å². The van der Waals surface area contributed by atoms with Crippen molar-refractivity contribution in [1.82, 2.24) is 4.90 Å². The van der Waals surface area contributed by atoms with Gasteiger partial charge in [-0.2, -0.15) is 0 Å². The van der Waals surface area contributed by atoms with Crippen molar-refractivity contribution in [2.75, 3.05) is 25.0 Å². The zero-order valence-electron chi connectivity index (χ0n) is 13.3. The summed E-state index contributed by atoms with van der Waals surface area (Å²) < 4.78 is 0. The molecule has 1 saturated carbocycles. The number of piperidine rings is 1. The number of fused-ring (bicyclic) bond motifs is 1. The average molecular weight is 321 g/mol. The lowest BCUT2D eigenvalue weighted by Gasteiger charge is -2.41. The van der Waals surface area contributed by atoms with Crippen LogP contribution in [0.3, 0.4) is 0 Å². The molecule has 1 N–H and O–H groups in total. The number of amides is 1. The first-order valence-corrected chi connectivity index (χ1v) is 8.78. The van der Waals surface area contributed by atoms with E-state index in [1.807, 2.05) is 25.1 Å². The van der Waals surface area contributed by atoms with Gasteiger partial charge in [-0.1, -0.05) is 36.9 Å². The number of nitrogens with zero attached hydrogens (tertiary/aromatic N) is 1. The molecule has 0 radical (unpaired) electrons. The fourth-order valence-electron chi connectivity index (χ4n) is 3.94. The lowest BCUT2D eigenvalue weighted by atomic mass is 9.75. The third-order valence-electron chi connectivity index (χ3n) is 5.22. The molecule has 0 bridgehead atoms. The molecule has 22 heavy (non-hydrogen) atoms. The number of hydrogen-bond donors (Lipinski definition) is 1. The standard InChI is InChI=1S/C18H25ClN2O/c1-13-6-7-16(19)10-17(13)20-18(22)12-21-9-8-14-4-2-3-5-15(14)11-21/h6-7,10,14-15H,2-5,8-9,11-12H2,1H3,(H,20,22)/t14-,15+/m0/s1. The molecule has 1 heterocycles. The smallest absolute Gasteiger partial charge is 0.238 e. The molecule has 2 fully saturated rings. The van der Waals surface area contributed by atoms with Crippen LogP contribution in [0.2, 0.25) is 5.02 Å². The highest BCUT2D eigenvalue weighted by Gasteiger charge is 2.31. The molecule has 0 spiro atoms. The fraction of sp³-hybridized carbons (Fsp3) is 0.611. The molecule has 1 aromatic rings. The van der Waals surface area contributed by atoms with Crippen molar-refractivity contribution in [3.63, 3.8) is 0 Å². The molecule has 120 valence electrons. The summed E-state index contributed by atoms with van der Waals surface area (Å²) in [5, 5.41) is 3.66. The number of likely N-dealkylation sites (tertiary alicyclic amines) is 1. The Morgan fingerprint density at radius 1 is 1.27 bits per heavy atom. The van der Waals surface area contributed by atoms with Crippen molar-refractivity contribution in [2.45, 2.75) is 39.0 Å². The Morgan fingerprint density at radius 3 is 2.86 bits per heavy atom. The monoisotopic (exact) mass is 320 g/mol. The minimum atomic E-state index is 0.0691. The Hall–Kier alpha value is -1.06. The number of benzene rings is 1. The largest absolute Gasteiger partial charge is 0.325 e. The predicted molar refractivity (Wildman–Crippen MR) is 91.3 cm³/mol. The van der Waals surface area contributed by atoms with Gasteiger partial charge < -0.3 is 5.32 Å². The third-order valence-corrected chi connectivity index (χ3v) is 5.45. The van der Waals surface area contributed by atoms with Gasteiger partial charge in [-0.3, -0.25) is 9.69 Å². The van der Waals surface area contributed by atoms with E-state index in [-0.39, 0.29) is 5.91 Å². The first-order chi connectivity index (χ1) is 10.6. The summed E-state index contributed by atoms with van der Waals surface area (Å²) >= 11 is 6.01. The molecule has 1 amide bonds. The molecule has 0 aromatic heterocycles. The maximum absolute atomic E-state index is 12.3. The topological polar surface area (TPSA) is 32.3 Å². The van der Waals surface area contributed by atoms with Crippen LogP contribution in [0.5, 0.6) is 0 Å². The minimum Gasteiger partial charge on any atom is -0.325 e. The number of carbonyl (C=O) groups excluding carboxylic acids is 1. The first kappa shape index (κ1) is 15.8. The van der Waals surface area contributed by atoms with Gasteiger partial charge in [0.25, 0.3) is 0 Å². The molecule has 0 unspecified atom stereocenters. The summed E-state index contributed by atoms with van der Waals surface area (Å²) in [4.78, 5) is 14.6. The van der Waals surface area contributed by atoms with Crippen molar-refractivity contribution in [3.05, 3.63) is 28.8 Å². The van der Waals surface area contributed by atoms with E-state index in [9.17, 15) is 4.79 Å². The molecular weight excluding hydrogens is 296 g/mol. The Morgan fingerprint density at radius 2 is 2.05 bits per heavy atom. The Kier molecular flexibility index (Phi) is 5.04. The van der Waals surface area contributed by atoms with Crippen LogP contribution in [0, 0.1) is 18.8 Å². The maximum Gasteiger partial charge on any atom is 0.238 e. The van der Waals surface area contributed by atoms with Gasteiger partial charge in [-0.15, -0.1) is 0 Å².